The van der Waals surface area contributed by atoms with Crippen molar-refractivity contribution in [1.82, 2.24) is 10.2 Å². The number of ether oxygens (including phenoxy) is 1. The zero-order chi connectivity index (χ0) is 11.8. The summed E-state index contributed by atoms with van der Waals surface area (Å²) in [5, 5.41) is 3.25. The van der Waals surface area contributed by atoms with Crippen molar-refractivity contribution < 1.29 is 9.15 Å². The molecule has 1 heterocycles. The van der Waals surface area contributed by atoms with Crippen LogP contribution in [0.25, 0.3) is 0 Å². The first-order chi connectivity index (χ1) is 7.68. The van der Waals surface area contributed by atoms with E-state index in [0.29, 0.717) is 0 Å². The second kappa shape index (κ2) is 7.84. The van der Waals surface area contributed by atoms with E-state index in [-0.39, 0.29) is 0 Å². The van der Waals surface area contributed by atoms with Crippen LogP contribution in [-0.4, -0.2) is 45.3 Å². The zero-order valence-corrected chi connectivity index (χ0v) is 11.4. The van der Waals surface area contributed by atoms with Crippen LogP contribution in [0.3, 0.4) is 0 Å². The van der Waals surface area contributed by atoms with E-state index in [9.17, 15) is 0 Å². The third-order valence-electron chi connectivity index (χ3n) is 2.03. The topological polar surface area (TPSA) is 37.6 Å². The maximum Gasteiger partial charge on any atom is 0.169 e. The average Bonchev–Trinajstić information content (AvgIpc) is 2.62. The number of nitrogens with zero attached hydrogens (tertiary/aromatic N) is 1. The molecule has 4 nitrogen and oxygen atoms in total. The van der Waals surface area contributed by atoms with Gasteiger partial charge in [-0.05, 0) is 42.2 Å². The summed E-state index contributed by atoms with van der Waals surface area (Å²) in [6.45, 7) is 4.05. The predicted octanol–water partition coefficient (Wildman–Crippen LogP) is 1.71. The largest absolute Gasteiger partial charge is 0.453 e. The summed E-state index contributed by atoms with van der Waals surface area (Å²) in [4.78, 5) is 2.10. The van der Waals surface area contributed by atoms with Gasteiger partial charge in [0.1, 0.15) is 5.76 Å². The third-order valence-corrected chi connectivity index (χ3v) is 2.46. The van der Waals surface area contributed by atoms with Gasteiger partial charge in [-0.1, -0.05) is 0 Å². The van der Waals surface area contributed by atoms with Gasteiger partial charge < -0.3 is 19.4 Å². The number of furan rings is 1. The van der Waals surface area contributed by atoms with Crippen LogP contribution in [-0.2, 0) is 11.3 Å². The van der Waals surface area contributed by atoms with Crippen LogP contribution in [0.15, 0.2) is 21.2 Å². The predicted molar refractivity (Wildman–Crippen MR) is 67.5 cm³/mol. The Kier molecular flexibility index (Phi) is 6.71. The molecule has 92 valence electrons. The summed E-state index contributed by atoms with van der Waals surface area (Å²) in [6, 6.07) is 3.84. The third kappa shape index (κ3) is 6.27. The smallest absolute Gasteiger partial charge is 0.169 e. The minimum Gasteiger partial charge on any atom is -0.453 e. The molecule has 0 saturated carbocycles. The Bertz CT molecular complexity index is 289. The first-order valence-corrected chi connectivity index (χ1v) is 6.15. The maximum absolute atomic E-state index is 5.44. The van der Waals surface area contributed by atoms with Gasteiger partial charge >= 0.3 is 0 Å². The van der Waals surface area contributed by atoms with E-state index >= 15 is 0 Å². The summed E-state index contributed by atoms with van der Waals surface area (Å²) >= 11 is 3.27. The molecule has 1 aromatic heterocycles. The molecule has 0 fully saturated rings. The Hall–Kier alpha value is -0.360. The van der Waals surface area contributed by atoms with E-state index in [1.54, 1.807) is 0 Å². The van der Waals surface area contributed by atoms with Gasteiger partial charge in [-0.15, -0.1) is 0 Å². The van der Waals surface area contributed by atoms with E-state index < -0.39 is 0 Å². The van der Waals surface area contributed by atoms with Crippen molar-refractivity contribution in [2.24, 2.45) is 0 Å². The fraction of sp³-hybridized carbons (Fsp3) is 0.636. The summed E-state index contributed by atoms with van der Waals surface area (Å²) in [6.07, 6.45) is 0. The lowest BCUT2D eigenvalue weighted by Crippen LogP contribution is -2.22. The van der Waals surface area contributed by atoms with Gasteiger partial charge in [0.25, 0.3) is 0 Å². The fourth-order valence-electron chi connectivity index (χ4n) is 1.15. The van der Waals surface area contributed by atoms with Crippen LogP contribution in [0, 0.1) is 0 Å². The molecule has 0 bridgehead atoms. The molecule has 0 radical (unpaired) electrons. The van der Waals surface area contributed by atoms with Gasteiger partial charge in [-0.3, -0.25) is 0 Å². The Labute approximate surface area is 105 Å². The molecular formula is C11H19BrN2O2. The molecule has 0 saturated heterocycles. The van der Waals surface area contributed by atoms with E-state index in [1.165, 1.54) is 0 Å². The van der Waals surface area contributed by atoms with Gasteiger partial charge in [0, 0.05) is 13.1 Å². The summed E-state index contributed by atoms with van der Waals surface area (Å²) < 4.78 is 11.6. The lowest BCUT2D eigenvalue weighted by atomic mass is 10.4. The standard InChI is InChI=1S/C11H19BrN2O2/c1-14(2)6-8-15-7-5-13-9-10-3-4-11(12)16-10/h3-4,13H,5-9H2,1-2H3. The zero-order valence-electron chi connectivity index (χ0n) is 9.83. The Balaban J connectivity index is 1.92. The molecule has 16 heavy (non-hydrogen) atoms. The van der Waals surface area contributed by atoms with Crippen LogP contribution >= 0.6 is 15.9 Å². The monoisotopic (exact) mass is 290 g/mol. The second-order valence-electron chi connectivity index (χ2n) is 3.80. The van der Waals surface area contributed by atoms with Crippen LogP contribution in [0.1, 0.15) is 5.76 Å². The number of likely N-dealkylation sites (N-methyl/N-ethyl adjacent to an activating group) is 1. The highest BCUT2D eigenvalue weighted by molar-refractivity contribution is 9.10. The van der Waals surface area contributed by atoms with Gasteiger partial charge in [-0.25, -0.2) is 0 Å². The van der Waals surface area contributed by atoms with Gasteiger partial charge in [0.2, 0.25) is 0 Å². The molecule has 0 aliphatic carbocycles. The Morgan fingerprint density at radius 1 is 1.38 bits per heavy atom. The quantitative estimate of drug-likeness (QED) is 0.740. The van der Waals surface area contributed by atoms with Gasteiger partial charge in [-0.2, -0.15) is 0 Å². The molecule has 0 unspecified atom stereocenters. The fourth-order valence-corrected chi connectivity index (χ4v) is 1.49. The molecule has 0 spiro atoms. The molecule has 1 rings (SSSR count). The normalized spacial score (nSPS) is 11.2. The van der Waals surface area contributed by atoms with Crippen LogP contribution in [0.2, 0.25) is 0 Å². The van der Waals surface area contributed by atoms with Crippen molar-refractivity contribution in [2.45, 2.75) is 6.54 Å². The highest BCUT2D eigenvalue weighted by atomic mass is 79.9. The number of halogens is 1. The highest BCUT2D eigenvalue weighted by Crippen LogP contribution is 2.13. The molecule has 5 heteroatoms. The number of nitrogens with one attached hydrogen (secondary N) is 1. The molecule has 0 amide bonds. The minimum absolute atomic E-state index is 0.732. The van der Waals surface area contributed by atoms with E-state index in [0.717, 1.165) is 43.3 Å². The molecule has 1 aromatic rings. The summed E-state index contributed by atoms with van der Waals surface area (Å²) in [5.41, 5.74) is 0. The second-order valence-corrected chi connectivity index (χ2v) is 4.58. The van der Waals surface area contributed by atoms with Crippen molar-refractivity contribution in [3.05, 3.63) is 22.6 Å². The Morgan fingerprint density at radius 2 is 2.19 bits per heavy atom. The van der Waals surface area contributed by atoms with E-state index in [4.69, 9.17) is 9.15 Å². The number of hydrogen-bond acceptors (Lipinski definition) is 4. The highest BCUT2D eigenvalue weighted by Gasteiger charge is 1.98. The van der Waals surface area contributed by atoms with Gasteiger partial charge in [0.15, 0.2) is 4.67 Å². The first-order valence-electron chi connectivity index (χ1n) is 5.36. The lowest BCUT2D eigenvalue weighted by molar-refractivity contribution is 0.119. The summed E-state index contributed by atoms with van der Waals surface area (Å²) in [5.74, 6) is 0.931. The SMILES string of the molecule is CN(C)CCOCCNCc1ccc(Br)o1. The van der Waals surface area contributed by atoms with Crippen molar-refractivity contribution in [3.63, 3.8) is 0 Å². The van der Waals surface area contributed by atoms with Crippen LogP contribution in [0.4, 0.5) is 0 Å². The molecule has 1 N–H and O–H groups in total. The van der Waals surface area contributed by atoms with Crippen molar-refractivity contribution in [2.75, 3.05) is 40.4 Å². The molecule has 0 aromatic carbocycles. The number of hydrogen-bond donors (Lipinski definition) is 1. The van der Waals surface area contributed by atoms with Crippen molar-refractivity contribution in [3.8, 4) is 0 Å². The molecular weight excluding hydrogens is 272 g/mol. The van der Waals surface area contributed by atoms with Crippen molar-refractivity contribution in [1.29, 1.82) is 0 Å². The summed E-state index contributed by atoms with van der Waals surface area (Å²) in [7, 11) is 4.08. The molecule has 0 atom stereocenters. The van der Waals surface area contributed by atoms with E-state index in [2.05, 4.69) is 26.1 Å². The van der Waals surface area contributed by atoms with Crippen LogP contribution < -0.4 is 5.32 Å². The molecule has 0 aliphatic rings. The van der Waals surface area contributed by atoms with Gasteiger partial charge in [0.05, 0.1) is 19.8 Å². The van der Waals surface area contributed by atoms with Crippen LogP contribution in [0.5, 0.6) is 0 Å². The minimum atomic E-state index is 0.732. The Morgan fingerprint density at radius 3 is 2.81 bits per heavy atom. The number of rotatable bonds is 8. The lowest BCUT2D eigenvalue weighted by Gasteiger charge is -2.09. The van der Waals surface area contributed by atoms with Crippen molar-refractivity contribution >= 4 is 15.9 Å². The maximum atomic E-state index is 5.44. The van der Waals surface area contributed by atoms with E-state index in [1.807, 2.05) is 26.2 Å². The first kappa shape index (κ1) is 13.7. The average molecular weight is 291 g/mol. The molecule has 0 aliphatic heterocycles.